The van der Waals surface area contributed by atoms with Gasteiger partial charge in [0, 0.05) is 25.0 Å². The normalized spacial score (nSPS) is 17.2. The highest BCUT2D eigenvalue weighted by atomic mass is 16.5. The summed E-state index contributed by atoms with van der Waals surface area (Å²) < 4.78 is 10.7. The predicted molar refractivity (Wildman–Crippen MR) is 95.7 cm³/mol. The maximum Gasteiger partial charge on any atom is 0.260 e. The van der Waals surface area contributed by atoms with Gasteiger partial charge in [0.2, 0.25) is 0 Å². The molecule has 0 spiro atoms. The van der Waals surface area contributed by atoms with E-state index in [2.05, 4.69) is 4.98 Å². The van der Waals surface area contributed by atoms with E-state index in [1.54, 1.807) is 7.11 Å². The van der Waals surface area contributed by atoms with Gasteiger partial charge in [-0.25, -0.2) is 0 Å². The van der Waals surface area contributed by atoms with E-state index in [-0.39, 0.29) is 12.5 Å². The maximum absolute atomic E-state index is 12.5. The SMILES string of the molecule is COc1ccc(OCC(=O)N2CCCC(Cc3ccccn3)C2)cc1. The van der Waals surface area contributed by atoms with Crippen molar-refractivity contribution < 1.29 is 14.3 Å². The third-order valence-electron chi connectivity index (χ3n) is 4.52. The first-order valence-corrected chi connectivity index (χ1v) is 8.69. The molecule has 1 aromatic carbocycles. The van der Waals surface area contributed by atoms with Crippen molar-refractivity contribution in [1.82, 2.24) is 9.88 Å². The van der Waals surface area contributed by atoms with Crippen LogP contribution >= 0.6 is 0 Å². The summed E-state index contributed by atoms with van der Waals surface area (Å²) in [6.07, 6.45) is 4.92. The zero-order valence-electron chi connectivity index (χ0n) is 14.6. The fourth-order valence-corrected chi connectivity index (χ4v) is 3.18. The molecule has 1 unspecified atom stereocenters. The highest BCUT2D eigenvalue weighted by Crippen LogP contribution is 2.21. The number of pyridine rings is 1. The number of ether oxygens (including phenoxy) is 2. The minimum Gasteiger partial charge on any atom is -0.497 e. The number of nitrogens with zero attached hydrogens (tertiary/aromatic N) is 2. The Bertz CT molecular complexity index is 673. The molecule has 1 aliphatic heterocycles. The van der Waals surface area contributed by atoms with Gasteiger partial charge in [0.25, 0.3) is 5.91 Å². The second-order valence-corrected chi connectivity index (χ2v) is 6.34. The number of likely N-dealkylation sites (tertiary alicyclic amines) is 1. The summed E-state index contributed by atoms with van der Waals surface area (Å²) in [4.78, 5) is 18.8. The molecule has 0 N–H and O–H groups in total. The number of carbonyl (C=O) groups excluding carboxylic acids is 1. The van der Waals surface area contributed by atoms with Crippen LogP contribution in [0.25, 0.3) is 0 Å². The van der Waals surface area contributed by atoms with E-state index in [0.717, 1.165) is 43.8 Å². The second kappa shape index (κ2) is 8.51. The number of rotatable bonds is 6. The first-order chi connectivity index (χ1) is 12.2. The summed E-state index contributed by atoms with van der Waals surface area (Å²) in [6.45, 7) is 1.66. The van der Waals surface area contributed by atoms with Crippen molar-refractivity contribution in [2.75, 3.05) is 26.8 Å². The minimum absolute atomic E-state index is 0.0431. The minimum atomic E-state index is 0.0431. The third kappa shape index (κ3) is 4.95. The lowest BCUT2D eigenvalue weighted by Crippen LogP contribution is -2.42. The lowest BCUT2D eigenvalue weighted by molar-refractivity contribution is -0.135. The number of piperidine rings is 1. The van der Waals surface area contributed by atoms with Gasteiger partial charge in [0.05, 0.1) is 7.11 Å². The van der Waals surface area contributed by atoms with Crippen LogP contribution in [0.15, 0.2) is 48.7 Å². The third-order valence-corrected chi connectivity index (χ3v) is 4.52. The van der Waals surface area contributed by atoms with Gasteiger partial charge < -0.3 is 14.4 Å². The van der Waals surface area contributed by atoms with E-state index in [9.17, 15) is 4.79 Å². The highest BCUT2D eigenvalue weighted by molar-refractivity contribution is 5.77. The van der Waals surface area contributed by atoms with E-state index in [4.69, 9.17) is 9.47 Å². The lowest BCUT2D eigenvalue weighted by Gasteiger charge is -2.32. The maximum atomic E-state index is 12.5. The van der Waals surface area contributed by atoms with Gasteiger partial charge in [-0.2, -0.15) is 0 Å². The Labute approximate surface area is 148 Å². The number of benzene rings is 1. The average molecular weight is 340 g/mol. The quantitative estimate of drug-likeness (QED) is 0.811. The second-order valence-electron chi connectivity index (χ2n) is 6.34. The average Bonchev–Trinajstić information content (AvgIpc) is 2.67. The Kier molecular flexibility index (Phi) is 5.88. The number of aromatic nitrogens is 1. The molecule has 5 heteroatoms. The van der Waals surface area contributed by atoms with E-state index in [1.807, 2.05) is 53.6 Å². The molecule has 0 bridgehead atoms. The molecule has 1 aromatic heterocycles. The van der Waals surface area contributed by atoms with Crippen LogP contribution in [0.4, 0.5) is 0 Å². The molecule has 1 atom stereocenters. The number of carbonyl (C=O) groups is 1. The van der Waals surface area contributed by atoms with Crippen LogP contribution in [0, 0.1) is 5.92 Å². The van der Waals surface area contributed by atoms with Crippen LogP contribution in [-0.2, 0) is 11.2 Å². The topological polar surface area (TPSA) is 51.7 Å². The molecular formula is C20H24N2O3. The van der Waals surface area contributed by atoms with Gasteiger partial charge in [-0.3, -0.25) is 9.78 Å². The molecule has 2 aromatic rings. The van der Waals surface area contributed by atoms with Crippen LogP contribution < -0.4 is 9.47 Å². The van der Waals surface area contributed by atoms with Crippen molar-refractivity contribution >= 4 is 5.91 Å². The van der Waals surface area contributed by atoms with Crippen molar-refractivity contribution in [3.63, 3.8) is 0 Å². The predicted octanol–water partition coefficient (Wildman–Crippen LogP) is 2.95. The van der Waals surface area contributed by atoms with Gasteiger partial charge in [-0.1, -0.05) is 6.07 Å². The zero-order chi connectivity index (χ0) is 17.5. The number of hydrogen-bond donors (Lipinski definition) is 0. The van der Waals surface area contributed by atoms with Crippen molar-refractivity contribution in [2.45, 2.75) is 19.3 Å². The molecule has 132 valence electrons. The van der Waals surface area contributed by atoms with E-state index < -0.39 is 0 Å². The summed E-state index contributed by atoms with van der Waals surface area (Å²) in [5, 5.41) is 0. The summed E-state index contributed by atoms with van der Waals surface area (Å²) in [5.41, 5.74) is 1.09. The summed E-state index contributed by atoms with van der Waals surface area (Å²) in [6, 6.07) is 13.3. The van der Waals surface area contributed by atoms with Crippen LogP contribution in [0.3, 0.4) is 0 Å². The molecule has 1 amide bonds. The first-order valence-electron chi connectivity index (χ1n) is 8.69. The fourth-order valence-electron chi connectivity index (χ4n) is 3.18. The molecule has 25 heavy (non-hydrogen) atoms. The van der Waals surface area contributed by atoms with Gasteiger partial charge in [-0.15, -0.1) is 0 Å². The van der Waals surface area contributed by atoms with Crippen LogP contribution in [0.5, 0.6) is 11.5 Å². The van der Waals surface area contributed by atoms with Gasteiger partial charge in [0.15, 0.2) is 6.61 Å². The number of hydrogen-bond acceptors (Lipinski definition) is 4. The molecule has 0 radical (unpaired) electrons. The van der Waals surface area contributed by atoms with Crippen molar-refractivity contribution in [3.8, 4) is 11.5 Å². The monoisotopic (exact) mass is 340 g/mol. The standard InChI is InChI=1S/C20H24N2O3/c1-24-18-7-9-19(10-8-18)25-15-20(23)22-12-4-5-16(14-22)13-17-6-2-3-11-21-17/h2-3,6-11,16H,4-5,12-15H2,1H3. The molecule has 1 aliphatic rings. The largest absolute Gasteiger partial charge is 0.497 e. The Morgan fingerprint density at radius 3 is 2.72 bits per heavy atom. The van der Waals surface area contributed by atoms with Crippen LogP contribution in [-0.4, -0.2) is 42.6 Å². The van der Waals surface area contributed by atoms with Gasteiger partial charge >= 0.3 is 0 Å². The van der Waals surface area contributed by atoms with Gasteiger partial charge in [0.1, 0.15) is 11.5 Å². The van der Waals surface area contributed by atoms with Crippen molar-refractivity contribution in [1.29, 1.82) is 0 Å². The summed E-state index contributed by atoms with van der Waals surface area (Å²) in [5.74, 6) is 1.96. The molecule has 2 heterocycles. The zero-order valence-corrected chi connectivity index (χ0v) is 14.6. The number of methoxy groups -OCH3 is 1. The molecule has 0 aliphatic carbocycles. The van der Waals surface area contributed by atoms with Gasteiger partial charge in [-0.05, 0) is 61.6 Å². The van der Waals surface area contributed by atoms with E-state index in [1.165, 1.54) is 0 Å². The van der Waals surface area contributed by atoms with E-state index >= 15 is 0 Å². The number of amides is 1. The van der Waals surface area contributed by atoms with Crippen molar-refractivity contribution in [3.05, 3.63) is 54.4 Å². The Morgan fingerprint density at radius 1 is 1.20 bits per heavy atom. The van der Waals surface area contributed by atoms with E-state index in [0.29, 0.717) is 11.7 Å². The molecule has 3 rings (SSSR count). The highest BCUT2D eigenvalue weighted by Gasteiger charge is 2.24. The first kappa shape index (κ1) is 17.3. The molecule has 1 saturated heterocycles. The van der Waals surface area contributed by atoms with Crippen molar-refractivity contribution in [2.24, 2.45) is 5.92 Å². The summed E-state index contributed by atoms with van der Waals surface area (Å²) >= 11 is 0. The van der Waals surface area contributed by atoms with Crippen LogP contribution in [0.2, 0.25) is 0 Å². The lowest BCUT2D eigenvalue weighted by atomic mass is 9.93. The Hall–Kier alpha value is -2.56. The molecule has 0 saturated carbocycles. The fraction of sp³-hybridized carbons (Fsp3) is 0.400. The Balaban J connectivity index is 1.49. The smallest absolute Gasteiger partial charge is 0.260 e. The summed E-state index contributed by atoms with van der Waals surface area (Å²) in [7, 11) is 1.62. The molecular weight excluding hydrogens is 316 g/mol. The van der Waals surface area contributed by atoms with Crippen LogP contribution in [0.1, 0.15) is 18.5 Å². The molecule has 1 fully saturated rings. The molecule has 5 nitrogen and oxygen atoms in total. The Morgan fingerprint density at radius 2 is 2.00 bits per heavy atom.